The van der Waals surface area contributed by atoms with Crippen LogP contribution < -0.4 is 10.6 Å². The van der Waals surface area contributed by atoms with Crippen LogP contribution >= 0.6 is 0 Å². The van der Waals surface area contributed by atoms with Crippen molar-refractivity contribution in [3.05, 3.63) is 35.9 Å². The van der Waals surface area contributed by atoms with Gasteiger partial charge in [-0.3, -0.25) is 4.79 Å². The maximum absolute atomic E-state index is 12.7. The molecule has 0 radical (unpaired) electrons. The maximum Gasteiger partial charge on any atom is 0.227 e. The molecule has 1 aromatic carbocycles. The molecule has 0 aromatic heterocycles. The summed E-state index contributed by atoms with van der Waals surface area (Å²) in [5.74, 6) is 0.106. The lowest BCUT2D eigenvalue weighted by molar-refractivity contribution is -0.123. The first-order valence-electron chi connectivity index (χ1n) is 8.37. The standard InChI is InChI=1S/C19H30N2O/c1-6-16(14-10-8-7-9-11-14)17(22)20-15-12-18(2,3)21-19(4,5)13-15/h7-11,15-16,21H,6,12-13H2,1-5H3,(H,20,22)/t16-/m1/s1. The normalized spacial score (nSPS) is 22.0. The van der Waals surface area contributed by atoms with Crippen molar-refractivity contribution in [2.45, 2.75) is 76.9 Å². The van der Waals surface area contributed by atoms with Crippen LogP contribution in [0.1, 0.15) is 65.4 Å². The van der Waals surface area contributed by atoms with Crippen molar-refractivity contribution in [1.29, 1.82) is 0 Å². The van der Waals surface area contributed by atoms with Crippen LogP contribution in [0.2, 0.25) is 0 Å². The molecule has 1 aliphatic rings. The third-order valence-electron chi connectivity index (χ3n) is 4.46. The molecule has 0 aliphatic carbocycles. The molecule has 3 nitrogen and oxygen atoms in total. The van der Waals surface area contributed by atoms with Gasteiger partial charge in [0.2, 0.25) is 5.91 Å². The van der Waals surface area contributed by atoms with Crippen molar-refractivity contribution in [2.24, 2.45) is 0 Å². The predicted octanol–water partition coefficient (Wildman–Crippen LogP) is 3.61. The van der Waals surface area contributed by atoms with Crippen LogP contribution in [-0.2, 0) is 4.79 Å². The molecule has 1 heterocycles. The van der Waals surface area contributed by atoms with Gasteiger partial charge in [0.15, 0.2) is 0 Å². The number of piperidine rings is 1. The van der Waals surface area contributed by atoms with Crippen molar-refractivity contribution >= 4 is 5.91 Å². The first kappa shape index (κ1) is 17.0. The molecule has 1 saturated heterocycles. The van der Waals surface area contributed by atoms with Crippen LogP contribution in [0.25, 0.3) is 0 Å². The van der Waals surface area contributed by atoms with Crippen molar-refractivity contribution in [3.8, 4) is 0 Å². The van der Waals surface area contributed by atoms with Gasteiger partial charge in [0.1, 0.15) is 0 Å². The predicted molar refractivity (Wildman–Crippen MR) is 91.9 cm³/mol. The Morgan fingerprint density at radius 2 is 1.73 bits per heavy atom. The molecular weight excluding hydrogens is 272 g/mol. The van der Waals surface area contributed by atoms with E-state index >= 15 is 0 Å². The van der Waals surface area contributed by atoms with Crippen molar-refractivity contribution in [2.75, 3.05) is 0 Å². The van der Waals surface area contributed by atoms with Gasteiger partial charge in [0.25, 0.3) is 0 Å². The Labute approximate surface area is 134 Å². The molecule has 3 heteroatoms. The minimum absolute atomic E-state index is 0.0498. The fourth-order valence-corrected chi connectivity index (χ4v) is 3.98. The summed E-state index contributed by atoms with van der Waals surface area (Å²) in [6.45, 7) is 10.9. The molecule has 2 N–H and O–H groups in total. The molecular formula is C19H30N2O. The molecule has 1 atom stereocenters. The highest BCUT2D eigenvalue weighted by Gasteiger charge is 2.38. The van der Waals surface area contributed by atoms with Gasteiger partial charge in [0.05, 0.1) is 5.92 Å². The smallest absolute Gasteiger partial charge is 0.227 e. The molecule has 1 aromatic rings. The van der Waals surface area contributed by atoms with Crippen LogP contribution in [0.4, 0.5) is 0 Å². The highest BCUT2D eigenvalue weighted by Crippen LogP contribution is 2.29. The third-order valence-corrected chi connectivity index (χ3v) is 4.46. The highest BCUT2D eigenvalue weighted by atomic mass is 16.1. The average Bonchev–Trinajstić information content (AvgIpc) is 2.36. The zero-order chi connectivity index (χ0) is 16.4. The average molecular weight is 302 g/mol. The Kier molecular flexibility index (Phi) is 4.96. The van der Waals surface area contributed by atoms with E-state index in [4.69, 9.17) is 0 Å². The molecule has 0 bridgehead atoms. The van der Waals surface area contributed by atoms with Gasteiger partial charge in [0, 0.05) is 17.1 Å². The Morgan fingerprint density at radius 3 is 2.23 bits per heavy atom. The summed E-state index contributed by atoms with van der Waals surface area (Å²) < 4.78 is 0. The molecule has 1 aliphatic heterocycles. The summed E-state index contributed by atoms with van der Waals surface area (Å²) >= 11 is 0. The number of hydrogen-bond acceptors (Lipinski definition) is 2. The van der Waals surface area contributed by atoms with Crippen LogP contribution in [-0.4, -0.2) is 23.0 Å². The lowest BCUT2D eigenvalue weighted by atomic mass is 9.79. The number of amides is 1. The number of rotatable bonds is 4. The highest BCUT2D eigenvalue weighted by molar-refractivity contribution is 5.83. The fraction of sp³-hybridized carbons (Fsp3) is 0.632. The number of hydrogen-bond donors (Lipinski definition) is 2. The van der Waals surface area contributed by atoms with E-state index in [1.807, 2.05) is 30.3 Å². The van der Waals surface area contributed by atoms with Gasteiger partial charge in [-0.05, 0) is 52.5 Å². The van der Waals surface area contributed by atoms with E-state index in [0.29, 0.717) is 0 Å². The Bertz CT molecular complexity index is 491. The van der Waals surface area contributed by atoms with Gasteiger partial charge in [-0.15, -0.1) is 0 Å². The number of benzene rings is 1. The molecule has 1 amide bonds. The zero-order valence-corrected chi connectivity index (χ0v) is 14.6. The van der Waals surface area contributed by atoms with E-state index in [2.05, 4.69) is 45.3 Å². The monoisotopic (exact) mass is 302 g/mol. The van der Waals surface area contributed by atoms with Crippen LogP contribution in [0.3, 0.4) is 0 Å². The zero-order valence-electron chi connectivity index (χ0n) is 14.6. The molecule has 1 fully saturated rings. The Morgan fingerprint density at radius 1 is 1.18 bits per heavy atom. The second kappa shape index (κ2) is 6.41. The largest absolute Gasteiger partial charge is 0.353 e. The van der Waals surface area contributed by atoms with Crippen molar-refractivity contribution < 1.29 is 4.79 Å². The molecule has 0 saturated carbocycles. The summed E-state index contributed by atoms with van der Waals surface area (Å²) in [6.07, 6.45) is 2.76. The Balaban J connectivity index is 2.07. The van der Waals surface area contributed by atoms with E-state index in [9.17, 15) is 4.79 Å². The first-order chi connectivity index (χ1) is 10.2. The number of carbonyl (C=O) groups is 1. The lowest BCUT2D eigenvalue weighted by Crippen LogP contribution is -2.62. The van der Waals surface area contributed by atoms with E-state index in [1.54, 1.807) is 0 Å². The van der Waals surface area contributed by atoms with Crippen molar-refractivity contribution in [3.63, 3.8) is 0 Å². The van der Waals surface area contributed by atoms with Gasteiger partial charge in [-0.25, -0.2) is 0 Å². The quantitative estimate of drug-likeness (QED) is 0.892. The second-order valence-corrected chi connectivity index (χ2v) is 7.88. The van der Waals surface area contributed by atoms with E-state index in [0.717, 1.165) is 24.8 Å². The minimum atomic E-state index is -0.0534. The van der Waals surface area contributed by atoms with E-state index in [-0.39, 0.29) is 28.9 Å². The Hall–Kier alpha value is -1.35. The van der Waals surface area contributed by atoms with Gasteiger partial charge in [-0.1, -0.05) is 37.3 Å². The summed E-state index contributed by atoms with van der Waals surface area (Å²) in [5.41, 5.74) is 1.21. The third kappa shape index (κ3) is 4.33. The fourth-order valence-electron chi connectivity index (χ4n) is 3.98. The molecule has 0 unspecified atom stereocenters. The van der Waals surface area contributed by atoms with E-state index in [1.165, 1.54) is 0 Å². The molecule has 22 heavy (non-hydrogen) atoms. The summed E-state index contributed by atoms with van der Waals surface area (Å²) in [5, 5.41) is 6.96. The van der Waals surface area contributed by atoms with Gasteiger partial charge < -0.3 is 10.6 Å². The van der Waals surface area contributed by atoms with Crippen LogP contribution in [0.5, 0.6) is 0 Å². The number of carbonyl (C=O) groups excluding carboxylic acids is 1. The molecule has 2 rings (SSSR count). The summed E-state index contributed by atoms with van der Waals surface area (Å²) in [7, 11) is 0. The minimum Gasteiger partial charge on any atom is -0.353 e. The SMILES string of the molecule is CC[C@@H](C(=O)NC1CC(C)(C)NC(C)(C)C1)c1ccccc1. The molecule has 122 valence electrons. The van der Waals surface area contributed by atoms with Crippen molar-refractivity contribution in [1.82, 2.24) is 10.6 Å². The van der Waals surface area contributed by atoms with Gasteiger partial charge >= 0.3 is 0 Å². The van der Waals surface area contributed by atoms with Crippen LogP contribution in [0.15, 0.2) is 30.3 Å². The summed E-state index contributed by atoms with van der Waals surface area (Å²) in [6, 6.07) is 10.3. The lowest BCUT2D eigenvalue weighted by Gasteiger charge is -2.46. The number of nitrogens with one attached hydrogen (secondary N) is 2. The maximum atomic E-state index is 12.7. The second-order valence-electron chi connectivity index (χ2n) is 7.88. The summed E-state index contributed by atoms with van der Waals surface area (Å²) in [4.78, 5) is 12.7. The van der Waals surface area contributed by atoms with Gasteiger partial charge in [-0.2, -0.15) is 0 Å². The van der Waals surface area contributed by atoms with Crippen LogP contribution in [0, 0.1) is 0 Å². The van der Waals surface area contributed by atoms with E-state index < -0.39 is 0 Å². The molecule has 0 spiro atoms. The topological polar surface area (TPSA) is 41.1 Å². The first-order valence-corrected chi connectivity index (χ1v) is 8.37.